The molecule has 0 spiro atoms. The lowest BCUT2D eigenvalue weighted by Gasteiger charge is -2.20. The van der Waals surface area contributed by atoms with Crippen LogP contribution in [0.1, 0.15) is 48.1 Å². The molecule has 6 nitrogen and oxygen atoms in total. The maximum absolute atomic E-state index is 12.5. The van der Waals surface area contributed by atoms with Gasteiger partial charge in [0.1, 0.15) is 0 Å². The standard InChI is InChI=1S/C24H28N4O2S/c1-17(20-12-11-19-9-5-6-10-21(19)15-20)25-22(29)16-31-24-27-26-23(30)28(24)14-13-18-7-3-2-4-8-18/h2-4,7-8,11-12,15,17H,5-6,9-10,13-14,16H2,1H3,(H,25,29)(H,26,30)/t17-/m0/s1. The van der Waals surface area contributed by atoms with Crippen LogP contribution in [0.3, 0.4) is 0 Å². The average Bonchev–Trinajstić information content (AvgIpc) is 3.15. The van der Waals surface area contributed by atoms with E-state index in [1.54, 1.807) is 4.57 Å². The average molecular weight is 437 g/mol. The minimum atomic E-state index is -0.249. The second kappa shape index (κ2) is 10.0. The van der Waals surface area contributed by atoms with Crippen LogP contribution >= 0.6 is 11.8 Å². The Hall–Kier alpha value is -2.80. The Labute approximate surface area is 186 Å². The molecule has 1 aliphatic carbocycles. The van der Waals surface area contributed by atoms with E-state index in [2.05, 4.69) is 33.7 Å². The molecular weight excluding hydrogens is 408 g/mol. The summed E-state index contributed by atoms with van der Waals surface area (Å²) >= 11 is 1.28. The van der Waals surface area contributed by atoms with E-state index in [9.17, 15) is 9.59 Å². The summed E-state index contributed by atoms with van der Waals surface area (Å²) in [4.78, 5) is 24.6. The van der Waals surface area contributed by atoms with Crippen LogP contribution in [0.4, 0.5) is 0 Å². The van der Waals surface area contributed by atoms with Gasteiger partial charge in [-0.15, -0.1) is 5.10 Å². The number of hydrogen-bond acceptors (Lipinski definition) is 4. The number of carbonyl (C=O) groups is 1. The van der Waals surface area contributed by atoms with Gasteiger partial charge in [0.15, 0.2) is 5.16 Å². The van der Waals surface area contributed by atoms with E-state index < -0.39 is 0 Å². The Balaban J connectivity index is 1.32. The molecule has 2 aromatic carbocycles. The van der Waals surface area contributed by atoms with Crippen molar-refractivity contribution in [3.8, 4) is 0 Å². The summed E-state index contributed by atoms with van der Waals surface area (Å²) in [6.07, 6.45) is 5.51. The molecule has 0 unspecified atom stereocenters. The fraction of sp³-hybridized carbons (Fsp3) is 0.375. The van der Waals surface area contributed by atoms with Crippen molar-refractivity contribution in [2.75, 3.05) is 5.75 Å². The Morgan fingerprint density at radius 3 is 2.74 bits per heavy atom. The molecule has 0 saturated heterocycles. The maximum atomic E-state index is 12.5. The molecule has 1 atom stereocenters. The molecule has 0 bridgehead atoms. The number of aromatic amines is 1. The number of nitrogens with one attached hydrogen (secondary N) is 2. The highest BCUT2D eigenvalue weighted by atomic mass is 32.2. The Kier molecular flexibility index (Phi) is 6.92. The second-order valence-electron chi connectivity index (χ2n) is 8.01. The molecule has 0 saturated carbocycles. The third kappa shape index (κ3) is 5.47. The molecule has 7 heteroatoms. The minimum Gasteiger partial charge on any atom is -0.349 e. The quantitative estimate of drug-likeness (QED) is 0.528. The van der Waals surface area contributed by atoms with Gasteiger partial charge in [0, 0.05) is 6.54 Å². The van der Waals surface area contributed by atoms with Crippen LogP contribution in [0.2, 0.25) is 0 Å². The van der Waals surface area contributed by atoms with Crippen molar-refractivity contribution in [1.82, 2.24) is 20.1 Å². The molecule has 1 amide bonds. The lowest BCUT2D eigenvalue weighted by atomic mass is 9.89. The van der Waals surface area contributed by atoms with Crippen LogP contribution in [-0.2, 0) is 30.6 Å². The van der Waals surface area contributed by atoms with E-state index in [0.29, 0.717) is 11.7 Å². The van der Waals surface area contributed by atoms with E-state index >= 15 is 0 Å². The van der Waals surface area contributed by atoms with Crippen molar-refractivity contribution in [3.05, 3.63) is 81.3 Å². The Morgan fingerprint density at radius 2 is 1.94 bits per heavy atom. The van der Waals surface area contributed by atoms with Crippen molar-refractivity contribution in [2.45, 2.75) is 56.8 Å². The molecule has 4 rings (SSSR count). The Morgan fingerprint density at radius 1 is 1.16 bits per heavy atom. The molecule has 0 fully saturated rings. The van der Waals surface area contributed by atoms with Crippen molar-refractivity contribution in [2.24, 2.45) is 0 Å². The molecule has 1 heterocycles. The number of rotatable bonds is 8. The third-order valence-corrected chi connectivity index (χ3v) is 6.75. The lowest BCUT2D eigenvalue weighted by molar-refractivity contribution is -0.119. The number of nitrogens with zero attached hydrogens (tertiary/aromatic N) is 2. The van der Waals surface area contributed by atoms with Gasteiger partial charge in [0.25, 0.3) is 0 Å². The number of aromatic nitrogens is 3. The molecule has 1 aliphatic rings. The molecule has 0 radical (unpaired) electrons. The zero-order valence-electron chi connectivity index (χ0n) is 17.8. The van der Waals surface area contributed by atoms with Gasteiger partial charge in [0.2, 0.25) is 5.91 Å². The highest BCUT2D eigenvalue weighted by Crippen LogP contribution is 2.25. The largest absolute Gasteiger partial charge is 0.349 e. The first kappa shape index (κ1) is 21.4. The van der Waals surface area contributed by atoms with Crippen molar-refractivity contribution in [1.29, 1.82) is 0 Å². The van der Waals surface area contributed by atoms with Gasteiger partial charge < -0.3 is 5.32 Å². The van der Waals surface area contributed by atoms with Crippen molar-refractivity contribution < 1.29 is 4.79 Å². The predicted molar refractivity (Wildman–Crippen MR) is 123 cm³/mol. The number of H-pyrrole nitrogens is 1. The molecule has 1 aromatic heterocycles. The van der Waals surface area contributed by atoms with Crippen molar-refractivity contribution >= 4 is 17.7 Å². The van der Waals surface area contributed by atoms with Gasteiger partial charge in [-0.1, -0.05) is 60.3 Å². The Bertz CT molecular complexity index is 1090. The molecular formula is C24H28N4O2S. The summed E-state index contributed by atoms with van der Waals surface area (Å²) in [7, 11) is 0. The van der Waals surface area contributed by atoms with Crippen LogP contribution < -0.4 is 11.0 Å². The third-order valence-electron chi connectivity index (χ3n) is 5.77. The molecule has 31 heavy (non-hydrogen) atoms. The first-order chi connectivity index (χ1) is 15.1. The van der Waals surface area contributed by atoms with Crippen molar-refractivity contribution in [3.63, 3.8) is 0 Å². The van der Waals surface area contributed by atoms with Crippen LogP contribution in [-0.4, -0.2) is 26.4 Å². The fourth-order valence-corrected chi connectivity index (χ4v) is 4.80. The van der Waals surface area contributed by atoms with E-state index in [1.807, 2.05) is 37.3 Å². The van der Waals surface area contributed by atoms with Crippen LogP contribution in [0.15, 0.2) is 58.5 Å². The number of hydrogen-bond donors (Lipinski definition) is 2. The summed E-state index contributed by atoms with van der Waals surface area (Å²) in [5.74, 6) is 0.144. The zero-order valence-corrected chi connectivity index (χ0v) is 18.6. The van der Waals surface area contributed by atoms with Crippen LogP contribution in [0.5, 0.6) is 0 Å². The van der Waals surface area contributed by atoms with Gasteiger partial charge in [0.05, 0.1) is 11.8 Å². The van der Waals surface area contributed by atoms with E-state index in [-0.39, 0.29) is 23.4 Å². The minimum absolute atomic E-state index is 0.0558. The first-order valence-corrected chi connectivity index (χ1v) is 11.8. The smallest absolute Gasteiger partial charge is 0.343 e. The molecule has 2 N–H and O–H groups in total. The summed E-state index contributed by atoms with van der Waals surface area (Å²) in [5.41, 5.74) is 4.90. The number of carbonyl (C=O) groups excluding carboxylic acids is 1. The molecule has 3 aromatic rings. The molecule has 162 valence electrons. The number of fused-ring (bicyclic) bond motifs is 1. The lowest BCUT2D eigenvalue weighted by Crippen LogP contribution is -2.28. The van der Waals surface area contributed by atoms with Gasteiger partial charge in [-0.05, 0) is 61.3 Å². The van der Waals surface area contributed by atoms with E-state index in [4.69, 9.17) is 0 Å². The normalized spacial score (nSPS) is 14.1. The van der Waals surface area contributed by atoms with Gasteiger partial charge in [-0.2, -0.15) is 0 Å². The summed E-state index contributed by atoms with van der Waals surface area (Å²) < 4.78 is 1.60. The fourth-order valence-electron chi connectivity index (χ4n) is 4.02. The number of benzene rings is 2. The highest BCUT2D eigenvalue weighted by Gasteiger charge is 2.16. The first-order valence-electron chi connectivity index (χ1n) is 10.8. The van der Waals surface area contributed by atoms with E-state index in [1.165, 1.54) is 35.7 Å². The summed E-state index contributed by atoms with van der Waals surface area (Å²) in [6, 6.07) is 16.5. The SMILES string of the molecule is C[C@H](NC(=O)CSc1n[nH]c(=O)n1CCc1ccccc1)c1ccc2c(c1)CCCC2. The highest BCUT2D eigenvalue weighted by molar-refractivity contribution is 7.99. The van der Waals surface area contributed by atoms with Crippen LogP contribution in [0, 0.1) is 0 Å². The van der Waals surface area contributed by atoms with Gasteiger partial charge >= 0.3 is 5.69 Å². The molecule has 0 aliphatic heterocycles. The second-order valence-corrected chi connectivity index (χ2v) is 8.95. The maximum Gasteiger partial charge on any atom is 0.343 e. The number of thioether (sulfide) groups is 1. The number of amides is 1. The van der Waals surface area contributed by atoms with E-state index in [0.717, 1.165) is 30.4 Å². The monoisotopic (exact) mass is 436 g/mol. The zero-order chi connectivity index (χ0) is 21.6. The topological polar surface area (TPSA) is 79.8 Å². The summed E-state index contributed by atoms with van der Waals surface area (Å²) in [5, 5.41) is 10.2. The summed E-state index contributed by atoms with van der Waals surface area (Å²) in [6.45, 7) is 2.53. The van der Waals surface area contributed by atoms with Gasteiger partial charge in [-0.3, -0.25) is 9.36 Å². The van der Waals surface area contributed by atoms with Crippen LogP contribution in [0.25, 0.3) is 0 Å². The number of aryl methyl sites for hydroxylation is 3. The van der Waals surface area contributed by atoms with Gasteiger partial charge in [-0.25, -0.2) is 9.89 Å². The predicted octanol–water partition coefficient (Wildman–Crippen LogP) is 3.66.